The molecule has 0 saturated carbocycles. The van der Waals surface area contributed by atoms with Gasteiger partial charge in [-0.05, 0) is 23.8 Å². The monoisotopic (exact) mass is 379 g/mol. The Labute approximate surface area is 152 Å². The van der Waals surface area contributed by atoms with Gasteiger partial charge >= 0.3 is 0 Å². The number of aromatic nitrogens is 2. The molecule has 0 unspecified atom stereocenters. The number of hydrogen-bond acceptors (Lipinski definition) is 7. The second-order valence-corrected chi connectivity index (χ2v) is 8.66. The Hall–Kier alpha value is -1.97. The van der Waals surface area contributed by atoms with Crippen LogP contribution in [0, 0.1) is 0 Å². The van der Waals surface area contributed by atoms with Crippen LogP contribution in [0.4, 0.5) is 0 Å². The van der Waals surface area contributed by atoms with Crippen LogP contribution >= 0.6 is 0 Å². The van der Waals surface area contributed by atoms with Crippen LogP contribution in [0.25, 0.3) is 0 Å². The molecule has 1 fully saturated rings. The van der Waals surface area contributed by atoms with Gasteiger partial charge in [-0.25, -0.2) is 8.42 Å². The van der Waals surface area contributed by atoms with E-state index in [0.717, 1.165) is 17.7 Å². The first-order valence-electron chi connectivity index (χ1n) is 8.66. The molecule has 1 saturated heterocycles. The summed E-state index contributed by atoms with van der Waals surface area (Å²) < 4.78 is 44.2. The second-order valence-electron chi connectivity index (χ2n) is 6.72. The van der Waals surface area contributed by atoms with E-state index in [-0.39, 0.29) is 30.5 Å². The van der Waals surface area contributed by atoms with Crippen molar-refractivity contribution in [1.82, 2.24) is 14.5 Å². The van der Waals surface area contributed by atoms with E-state index >= 15 is 0 Å². The quantitative estimate of drug-likeness (QED) is 0.800. The molecule has 2 aliphatic rings. The number of rotatable bonds is 4. The van der Waals surface area contributed by atoms with Crippen LogP contribution in [0.2, 0.25) is 0 Å². The maximum atomic E-state index is 13.0. The number of benzene rings is 1. The molecular formula is C17H21N3O5S. The molecule has 26 heavy (non-hydrogen) atoms. The van der Waals surface area contributed by atoms with Crippen LogP contribution in [0.1, 0.15) is 43.2 Å². The van der Waals surface area contributed by atoms with Crippen LogP contribution in [-0.4, -0.2) is 49.2 Å². The summed E-state index contributed by atoms with van der Waals surface area (Å²) in [5.41, 5.74) is 0.925. The third-order valence-electron chi connectivity index (χ3n) is 4.55. The largest absolute Gasteiger partial charge is 0.493 e. The molecule has 0 bridgehead atoms. The average molecular weight is 379 g/mol. The minimum absolute atomic E-state index is 0.105. The molecular weight excluding hydrogens is 358 g/mol. The van der Waals surface area contributed by atoms with Crippen molar-refractivity contribution >= 4 is 10.0 Å². The van der Waals surface area contributed by atoms with Gasteiger partial charge in [-0.3, -0.25) is 0 Å². The molecule has 0 amide bonds. The van der Waals surface area contributed by atoms with Crippen molar-refractivity contribution in [3.05, 3.63) is 35.5 Å². The van der Waals surface area contributed by atoms with E-state index in [1.807, 2.05) is 13.8 Å². The van der Waals surface area contributed by atoms with E-state index in [9.17, 15) is 8.42 Å². The van der Waals surface area contributed by atoms with Crippen molar-refractivity contribution in [2.24, 2.45) is 0 Å². The molecule has 3 heterocycles. The standard InChI is InChI=1S/C17H21N3O5S/c1-11(2)16-18-19-17(25-16)15-10-20(6-8-24-15)26(21,22)13-3-4-14-12(9-13)5-7-23-14/h3-4,9,11,15H,5-8,10H2,1-2H3/t15-/m0/s1. The molecule has 140 valence electrons. The zero-order chi connectivity index (χ0) is 18.3. The first kappa shape index (κ1) is 17.4. The summed E-state index contributed by atoms with van der Waals surface area (Å²) in [7, 11) is -3.63. The van der Waals surface area contributed by atoms with Gasteiger partial charge in [0.05, 0.1) is 18.1 Å². The van der Waals surface area contributed by atoms with Crippen molar-refractivity contribution in [3.8, 4) is 5.75 Å². The van der Waals surface area contributed by atoms with Gasteiger partial charge in [-0.2, -0.15) is 4.31 Å². The fourth-order valence-corrected chi connectivity index (χ4v) is 4.55. The van der Waals surface area contributed by atoms with Gasteiger partial charge < -0.3 is 13.9 Å². The molecule has 0 N–H and O–H groups in total. The molecule has 2 aromatic rings. The normalized spacial score (nSPS) is 21.0. The Morgan fingerprint density at radius 2 is 2.08 bits per heavy atom. The van der Waals surface area contributed by atoms with E-state index in [1.165, 1.54) is 4.31 Å². The smallest absolute Gasteiger partial charge is 0.246 e. The van der Waals surface area contributed by atoms with E-state index in [4.69, 9.17) is 13.9 Å². The highest BCUT2D eigenvalue weighted by atomic mass is 32.2. The second kappa shape index (κ2) is 6.64. The Bertz CT molecular complexity index is 909. The third-order valence-corrected chi connectivity index (χ3v) is 6.41. The Morgan fingerprint density at radius 1 is 1.23 bits per heavy atom. The number of morpholine rings is 1. The summed E-state index contributed by atoms with van der Waals surface area (Å²) in [4.78, 5) is 0.274. The van der Waals surface area contributed by atoms with E-state index < -0.39 is 16.1 Å². The lowest BCUT2D eigenvalue weighted by atomic mass is 10.2. The summed E-state index contributed by atoms with van der Waals surface area (Å²) in [5.74, 6) is 1.70. The van der Waals surface area contributed by atoms with Crippen molar-refractivity contribution in [2.75, 3.05) is 26.3 Å². The molecule has 4 rings (SSSR count). The van der Waals surface area contributed by atoms with Gasteiger partial charge in [0.2, 0.25) is 21.8 Å². The van der Waals surface area contributed by atoms with Gasteiger partial charge in [0.1, 0.15) is 11.9 Å². The highest BCUT2D eigenvalue weighted by molar-refractivity contribution is 7.89. The summed E-state index contributed by atoms with van der Waals surface area (Å²) >= 11 is 0. The molecule has 1 atom stereocenters. The lowest BCUT2D eigenvalue weighted by molar-refractivity contribution is -0.0179. The van der Waals surface area contributed by atoms with E-state index in [1.54, 1.807) is 18.2 Å². The summed E-state index contributed by atoms with van der Waals surface area (Å²) in [6.45, 7) is 5.21. The highest BCUT2D eigenvalue weighted by Crippen LogP contribution is 2.31. The predicted molar refractivity (Wildman–Crippen MR) is 91.5 cm³/mol. The van der Waals surface area contributed by atoms with Gasteiger partial charge in [0.15, 0.2) is 0 Å². The average Bonchev–Trinajstić information content (AvgIpc) is 3.30. The molecule has 1 aromatic heterocycles. The maximum Gasteiger partial charge on any atom is 0.246 e. The molecule has 2 aliphatic heterocycles. The maximum absolute atomic E-state index is 13.0. The molecule has 8 nitrogen and oxygen atoms in total. The van der Waals surface area contributed by atoms with Crippen LogP contribution in [0.3, 0.4) is 0 Å². The van der Waals surface area contributed by atoms with E-state index in [0.29, 0.717) is 18.4 Å². The van der Waals surface area contributed by atoms with Gasteiger partial charge in [0, 0.05) is 25.4 Å². The molecule has 0 spiro atoms. The highest BCUT2D eigenvalue weighted by Gasteiger charge is 2.34. The Morgan fingerprint density at radius 3 is 2.85 bits per heavy atom. The summed E-state index contributed by atoms with van der Waals surface area (Å²) in [6, 6.07) is 5.01. The molecule has 9 heteroatoms. The predicted octanol–water partition coefficient (Wildman–Crippen LogP) is 1.89. The van der Waals surface area contributed by atoms with Crippen molar-refractivity contribution in [2.45, 2.75) is 37.2 Å². The van der Waals surface area contributed by atoms with Gasteiger partial charge in [0.25, 0.3) is 0 Å². The molecule has 0 aliphatic carbocycles. The van der Waals surface area contributed by atoms with Gasteiger partial charge in [-0.15, -0.1) is 10.2 Å². The summed E-state index contributed by atoms with van der Waals surface area (Å²) in [6.07, 6.45) is 0.168. The fraction of sp³-hybridized carbons (Fsp3) is 0.529. The first-order valence-corrected chi connectivity index (χ1v) is 10.1. The Kier molecular flexibility index (Phi) is 4.45. The molecule has 0 radical (unpaired) electrons. The molecule has 1 aromatic carbocycles. The van der Waals surface area contributed by atoms with Crippen molar-refractivity contribution < 1.29 is 22.3 Å². The SMILES string of the molecule is CC(C)c1nnc([C@@H]2CN(S(=O)(=O)c3ccc4c(c3)CCO4)CCO2)o1. The van der Waals surface area contributed by atoms with Crippen molar-refractivity contribution in [1.29, 1.82) is 0 Å². The first-order chi connectivity index (χ1) is 12.4. The summed E-state index contributed by atoms with van der Waals surface area (Å²) in [5, 5.41) is 8.01. The zero-order valence-electron chi connectivity index (χ0n) is 14.7. The Balaban J connectivity index is 1.56. The van der Waals surface area contributed by atoms with Crippen LogP contribution in [0.15, 0.2) is 27.5 Å². The lowest BCUT2D eigenvalue weighted by Gasteiger charge is -2.30. The fourth-order valence-electron chi connectivity index (χ4n) is 3.08. The van der Waals surface area contributed by atoms with Crippen molar-refractivity contribution in [3.63, 3.8) is 0 Å². The third kappa shape index (κ3) is 3.10. The van der Waals surface area contributed by atoms with Crippen LogP contribution in [-0.2, 0) is 21.2 Å². The number of fused-ring (bicyclic) bond motifs is 1. The number of hydrogen-bond donors (Lipinski definition) is 0. The topological polar surface area (TPSA) is 94.8 Å². The lowest BCUT2D eigenvalue weighted by Crippen LogP contribution is -2.42. The number of sulfonamides is 1. The van der Waals surface area contributed by atoms with Gasteiger partial charge in [-0.1, -0.05) is 13.8 Å². The zero-order valence-corrected chi connectivity index (χ0v) is 15.5. The number of nitrogens with zero attached hydrogens (tertiary/aromatic N) is 3. The number of ether oxygens (including phenoxy) is 2. The van der Waals surface area contributed by atoms with Crippen LogP contribution < -0.4 is 4.74 Å². The van der Waals surface area contributed by atoms with E-state index in [2.05, 4.69) is 10.2 Å². The minimum atomic E-state index is -3.63. The van der Waals surface area contributed by atoms with Crippen LogP contribution in [0.5, 0.6) is 5.75 Å². The minimum Gasteiger partial charge on any atom is -0.493 e.